The first-order chi connectivity index (χ1) is 8.34. The highest BCUT2D eigenvalue weighted by Gasteiger charge is 2.18. The molecule has 1 aromatic carbocycles. The molecule has 0 amide bonds. The van der Waals surface area contributed by atoms with Gasteiger partial charge in [-0.05, 0) is 30.3 Å². The van der Waals surface area contributed by atoms with Crippen LogP contribution in [0.15, 0.2) is 42.6 Å². The zero-order valence-corrected chi connectivity index (χ0v) is 9.22. The summed E-state index contributed by atoms with van der Waals surface area (Å²) in [5.74, 6) is 0.824. The van der Waals surface area contributed by atoms with Gasteiger partial charge in [0.05, 0.1) is 17.9 Å². The Labute approximate surface area is 99.1 Å². The lowest BCUT2D eigenvalue weighted by Crippen LogP contribution is -2.15. The molecule has 1 aliphatic heterocycles. The summed E-state index contributed by atoms with van der Waals surface area (Å²) in [5.41, 5.74) is 2.48. The predicted octanol–water partition coefficient (Wildman–Crippen LogP) is 2.71. The van der Waals surface area contributed by atoms with E-state index in [1.807, 2.05) is 36.4 Å². The lowest BCUT2D eigenvalue weighted by Gasteiger charge is -2.16. The van der Waals surface area contributed by atoms with Gasteiger partial charge in [-0.1, -0.05) is 6.07 Å². The Morgan fingerprint density at radius 3 is 2.94 bits per heavy atom. The monoisotopic (exact) mass is 225 g/mol. The number of carbonyl (C=O) groups is 1. The fourth-order valence-electron chi connectivity index (χ4n) is 1.95. The molecule has 0 atom stereocenters. The molecule has 1 aromatic heterocycles. The van der Waals surface area contributed by atoms with Crippen molar-refractivity contribution in [2.75, 3.05) is 6.61 Å². The van der Waals surface area contributed by atoms with Crippen molar-refractivity contribution in [3.8, 4) is 17.0 Å². The molecule has 84 valence electrons. The quantitative estimate of drug-likeness (QED) is 0.749. The number of carbonyl (C=O) groups excluding carboxylic acids is 1. The molecule has 0 saturated carbocycles. The first-order valence-corrected chi connectivity index (χ1v) is 5.56. The van der Waals surface area contributed by atoms with Crippen molar-refractivity contribution in [3.05, 3.63) is 48.2 Å². The molecule has 1 aliphatic rings. The second-order valence-corrected chi connectivity index (χ2v) is 3.95. The number of rotatable bonds is 1. The van der Waals surface area contributed by atoms with Crippen molar-refractivity contribution < 1.29 is 9.53 Å². The second-order valence-electron chi connectivity index (χ2n) is 3.95. The Morgan fingerprint density at radius 2 is 2.12 bits per heavy atom. The van der Waals surface area contributed by atoms with Crippen molar-refractivity contribution in [1.29, 1.82) is 0 Å². The van der Waals surface area contributed by atoms with Gasteiger partial charge in [0.15, 0.2) is 5.78 Å². The van der Waals surface area contributed by atoms with E-state index in [-0.39, 0.29) is 5.78 Å². The van der Waals surface area contributed by atoms with Crippen LogP contribution in [0.25, 0.3) is 11.3 Å². The van der Waals surface area contributed by atoms with Crippen molar-refractivity contribution in [2.45, 2.75) is 6.42 Å². The third kappa shape index (κ3) is 1.80. The molecule has 0 unspecified atom stereocenters. The van der Waals surface area contributed by atoms with Gasteiger partial charge in [-0.15, -0.1) is 0 Å². The predicted molar refractivity (Wildman–Crippen MR) is 64.1 cm³/mol. The van der Waals surface area contributed by atoms with Crippen LogP contribution in [0.1, 0.15) is 16.8 Å². The minimum absolute atomic E-state index is 0.143. The Hall–Kier alpha value is -2.16. The van der Waals surface area contributed by atoms with E-state index < -0.39 is 0 Å². The van der Waals surface area contributed by atoms with Crippen molar-refractivity contribution in [1.82, 2.24) is 4.98 Å². The fraction of sp³-hybridized carbons (Fsp3) is 0.143. The van der Waals surface area contributed by atoms with Crippen LogP contribution in [0, 0.1) is 0 Å². The molecule has 0 N–H and O–H groups in total. The number of ether oxygens (including phenoxy) is 1. The summed E-state index contributed by atoms with van der Waals surface area (Å²) in [6.45, 7) is 0.481. The van der Waals surface area contributed by atoms with Crippen molar-refractivity contribution in [3.63, 3.8) is 0 Å². The normalized spacial score (nSPS) is 14.0. The molecule has 0 spiro atoms. The first-order valence-electron chi connectivity index (χ1n) is 5.56. The summed E-state index contributed by atoms with van der Waals surface area (Å²) in [7, 11) is 0. The van der Waals surface area contributed by atoms with E-state index in [0.29, 0.717) is 24.3 Å². The first kappa shape index (κ1) is 10.0. The maximum Gasteiger partial charge on any atom is 0.170 e. The number of Topliss-reactive ketones (excluding diaryl/α,β-unsaturated/α-hetero) is 1. The van der Waals surface area contributed by atoms with E-state index in [2.05, 4.69) is 4.98 Å². The van der Waals surface area contributed by atoms with Gasteiger partial charge in [-0.2, -0.15) is 0 Å². The van der Waals surface area contributed by atoms with Crippen LogP contribution in [0.2, 0.25) is 0 Å². The van der Waals surface area contributed by atoms with Crippen molar-refractivity contribution in [2.24, 2.45) is 0 Å². The summed E-state index contributed by atoms with van der Waals surface area (Å²) >= 11 is 0. The largest absolute Gasteiger partial charge is 0.492 e. The number of fused-ring (bicyclic) bond motifs is 1. The van der Waals surface area contributed by atoms with Gasteiger partial charge in [-0.3, -0.25) is 9.78 Å². The van der Waals surface area contributed by atoms with Crippen LogP contribution in [-0.4, -0.2) is 17.4 Å². The van der Waals surface area contributed by atoms with Gasteiger partial charge < -0.3 is 4.74 Å². The van der Waals surface area contributed by atoms with Gasteiger partial charge >= 0.3 is 0 Å². The van der Waals surface area contributed by atoms with Gasteiger partial charge in [0, 0.05) is 18.2 Å². The molecule has 2 aromatic rings. The summed E-state index contributed by atoms with van der Waals surface area (Å²) in [5, 5.41) is 0. The minimum atomic E-state index is 0.143. The van der Waals surface area contributed by atoms with Gasteiger partial charge in [-0.25, -0.2) is 0 Å². The van der Waals surface area contributed by atoms with Crippen molar-refractivity contribution >= 4 is 5.78 Å². The van der Waals surface area contributed by atoms with Crippen LogP contribution < -0.4 is 4.74 Å². The standard InChI is InChI=1S/C14H11NO2/c16-13-6-8-17-14-5-4-10(9-11(13)14)12-3-1-2-7-15-12/h1-5,7,9H,6,8H2. The van der Waals surface area contributed by atoms with E-state index >= 15 is 0 Å². The Balaban J connectivity index is 2.09. The molecular formula is C14H11NO2. The van der Waals surface area contributed by atoms with Crippen LogP contribution in [-0.2, 0) is 0 Å². The van der Waals surface area contributed by atoms with E-state index in [1.165, 1.54) is 0 Å². The maximum atomic E-state index is 11.8. The highest BCUT2D eigenvalue weighted by Crippen LogP contribution is 2.29. The molecule has 2 heterocycles. The number of hydrogen-bond acceptors (Lipinski definition) is 3. The number of pyridine rings is 1. The lowest BCUT2D eigenvalue weighted by molar-refractivity contribution is 0.0933. The molecule has 0 radical (unpaired) electrons. The summed E-state index contributed by atoms with van der Waals surface area (Å²) in [6.07, 6.45) is 2.20. The smallest absolute Gasteiger partial charge is 0.170 e. The Morgan fingerprint density at radius 1 is 1.18 bits per heavy atom. The SMILES string of the molecule is O=C1CCOc2ccc(-c3ccccn3)cc21. The van der Waals surface area contributed by atoms with Gasteiger partial charge in [0.25, 0.3) is 0 Å². The molecule has 0 fully saturated rings. The van der Waals surface area contributed by atoms with Gasteiger partial charge in [0.2, 0.25) is 0 Å². The molecule has 17 heavy (non-hydrogen) atoms. The van der Waals surface area contributed by atoms with E-state index in [4.69, 9.17) is 4.74 Å². The topological polar surface area (TPSA) is 39.2 Å². The zero-order valence-electron chi connectivity index (χ0n) is 9.22. The third-order valence-corrected chi connectivity index (χ3v) is 2.83. The molecule has 3 heteroatoms. The number of benzene rings is 1. The minimum Gasteiger partial charge on any atom is -0.492 e. The van der Waals surface area contributed by atoms with Crippen LogP contribution in [0.5, 0.6) is 5.75 Å². The second kappa shape index (κ2) is 4.01. The summed E-state index contributed by atoms with van der Waals surface area (Å²) in [4.78, 5) is 16.0. The Bertz CT molecular complexity index is 564. The number of nitrogens with zero attached hydrogens (tertiary/aromatic N) is 1. The number of hydrogen-bond donors (Lipinski definition) is 0. The van der Waals surface area contributed by atoms with Gasteiger partial charge in [0.1, 0.15) is 5.75 Å². The highest BCUT2D eigenvalue weighted by atomic mass is 16.5. The summed E-state index contributed by atoms with van der Waals surface area (Å²) in [6, 6.07) is 11.4. The Kier molecular flexibility index (Phi) is 2.37. The van der Waals surface area contributed by atoms with E-state index in [9.17, 15) is 4.79 Å². The average molecular weight is 225 g/mol. The molecule has 0 aliphatic carbocycles. The number of aromatic nitrogens is 1. The molecule has 0 bridgehead atoms. The average Bonchev–Trinajstić information content (AvgIpc) is 2.40. The maximum absolute atomic E-state index is 11.8. The molecule has 3 nitrogen and oxygen atoms in total. The fourth-order valence-corrected chi connectivity index (χ4v) is 1.95. The summed E-state index contributed by atoms with van der Waals surface area (Å²) < 4.78 is 5.44. The van der Waals surface area contributed by atoms with Crippen LogP contribution >= 0.6 is 0 Å². The van der Waals surface area contributed by atoms with E-state index in [0.717, 1.165) is 11.3 Å². The number of ketones is 1. The van der Waals surface area contributed by atoms with E-state index in [1.54, 1.807) is 6.20 Å². The molecular weight excluding hydrogens is 214 g/mol. The lowest BCUT2D eigenvalue weighted by atomic mass is 10.0. The van der Waals surface area contributed by atoms with Crippen LogP contribution in [0.4, 0.5) is 0 Å². The molecule has 3 rings (SSSR count). The zero-order chi connectivity index (χ0) is 11.7. The molecule has 0 saturated heterocycles. The van der Waals surface area contributed by atoms with Crippen LogP contribution in [0.3, 0.4) is 0 Å². The highest BCUT2D eigenvalue weighted by molar-refractivity contribution is 6.00. The third-order valence-electron chi connectivity index (χ3n) is 2.83.